The Balaban J connectivity index is 1.70. The molecule has 0 radical (unpaired) electrons. The summed E-state index contributed by atoms with van der Waals surface area (Å²) in [6.45, 7) is 3.93. The van der Waals surface area contributed by atoms with Crippen LogP contribution in [0.2, 0.25) is 0 Å². The third-order valence-corrected chi connectivity index (χ3v) is 7.24. The van der Waals surface area contributed by atoms with Crippen molar-refractivity contribution in [2.45, 2.75) is 46.1 Å². The number of carbonyl (C=O) groups excluding carboxylic acids is 2. The second-order valence-electron chi connectivity index (χ2n) is 8.06. The molecule has 0 atom stereocenters. The molecular weight excluding hydrogens is 448 g/mol. The van der Waals surface area contributed by atoms with Gasteiger partial charge in [-0.2, -0.15) is 10.5 Å². The normalized spacial score (nSPS) is 13.1. The number of fused-ring (bicyclic) bond motifs is 2. The summed E-state index contributed by atoms with van der Waals surface area (Å²) in [4.78, 5) is 26.3. The summed E-state index contributed by atoms with van der Waals surface area (Å²) in [6.07, 6.45) is 5.40. The van der Waals surface area contributed by atoms with Gasteiger partial charge in [-0.05, 0) is 57.2 Å². The minimum Gasteiger partial charge on any atom is -0.465 e. The second-order valence-corrected chi connectivity index (χ2v) is 9.16. The number of esters is 1. The van der Waals surface area contributed by atoms with Gasteiger partial charge in [-0.1, -0.05) is 18.2 Å². The van der Waals surface area contributed by atoms with E-state index < -0.39 is 5.91 Å². The lowest BCUT2D eigenvalue weighted by Gasteiger charge is -2.09. The Morgan fingerprint density at radius 1 is 1.24 bits per heavy atom. The van der Waals surface area contributed by atoms with Crippen LogP contribution in [0.5, 0.6) is 0 Å². The van der Waals surface area contributed by atoms with Gasteiger partial charge in [0.05, 0.1) is 12.2 Å². The van der Waals surface area contributed by atoms with Crippen molar-refractivity contribution in [2.24, 2.45) is 0 Å². The van der Waals surface area contributed by atoms with Gasteiger partial charge in [0.15, 0.2) is 0 Å². The van der Waals surface area contributed by atoms with Gasteiger partial charge in [0, 0.05) is 27.0 Å². The number of carbonyl (C=O) groups is 2. The van der Waals surface area contributed by atoms with Crippen molar-refractivity contribution in [3.8, 4) is 12.1 Å². The number of nitrogens with one attached hydrogen (secondary N) is 1. The van der Waals surface area contributed by atoms with E-state index in [0.29, 0.717) is 22.7 Å². The summed E-state index contributed by atoms with van der Waals surface area (Å²) >= 11 is 1.42. The predicted octanol–water partition coefficient (Wildman–Crippen LogP) is 4.87. The fourth-order valence-electron chi connectivity index (χ4n) is 4.42. The number of nitrogens with zero attached hydrogens (tertiary/aromatic N) is 3. The molecule has 2 aromatic heterocycles. The van der Waals surface area contributed by atoms with Crippen molar-refractivity contribution < 1.29 is 14.3 Å². The van der Waals surface area contributed by atoms with Gasteiger partial charge in [-0.3, -0.25) is 9.59 Å². The van der Waals surface area contributed by atoms with Crippen molar-refractivity contribution >= 4 is 45.2 Å². The van der Waals surface area contributed by atoms with Crippen molar-refractivity contribution in [1.29, 1.82) is 10.5 Å². The van der Waals surface area contributed by atoms with E-state index in [9.17, 15) is 20.1 Å². The van der Waals surface area contributed by atoms with Crippen molar-refractivity contribution in [3.05, 3.63) is 57.1 Å². The quantitative estimate of drug-likeness (QED) is 0.313. The molecule has 1 N–H and O–H groups in total. The molecule has 3 aromatic rings. The Hall–Kier alpha value is -3.88. The first-order valence-corrected chi connectivity index (χ1v) is 12.0. The largest absolute Gasteiger partial charge is 0.465 e. The van der Waals surface area contributed by atoms with E-state index in [4.69, 9.17) is 4.74 Å². The maximum absolute atomic E-state index is 13.1. The van der Waals surface area contributed by atoms with E-state index in [1.54, 1.807) is 13.0 Å². The first-order chi connectivity index (χ1) is 16.5. The van der Waals surface area contributed by atoms with Crippen LogP contribution in [-0.4, -0.2) is 23.1 Å². The number of para-hydroxylation sites is 1. The number of aryl methyl sites for hydroxylation is 1. The molecule has 1 aliphatic rings. The summed E-state index contributed by atoms with van der Waals surface area (Å²) in [5.74, 6) is -0.912. The zero-order valence-corrected chi connectivity index (χ0v) is 19.9. The van der Waals surface area contributed by atoms with Crippen LogP contribution in [0.4, 0.5) is 5.00 Å². The molecule has 8 heteroatoms. The summed E-state index contributed by atoms with van der Waals surface area (Å²) in [5, 5.41) is 23.6. The molecule has 34 heavy (non-hydrogen) atoms. The topological polar surface area (TPSA) is 108 Å². The second kappa shape index (κ2) is 9.94. The number of anilines is 1. The van der Waals surface area contributed by atoms with Gasteiger partial charge in [0.25, 0.3) is 5.91 Å². The average molecular weight is 473 g/mol. The molecule has 0 saturated heterocycles. The first kappa shape index (κ1) is 23.3. The average Bonchev–Trinajstić information content (AvgIpc) is 3.32. The molecule has 1 aromatic carbocycles. The number of nitriles is 2. The first-order valence-electron chi connectivity index (χ1n) is 11.2. The summed E-state index contributed by atoms with van der Waals surface area (Å²) in [6, 6.07) is 11.8. The minimum absolute atomic E-state index is 0.0361. The van der Waals surface area contributed by atoms with Gasteiger partial charge in [-0.15, -0.1) is 11.3 Å². The Labute approximate surface area is 201 Å². The van der Waals surface area contributed by atoms with E-state index in [1.807, 2.05) is 41.8 Å². The molecule has 0 unspecified atom stereocenters. The monoisotopic (exact) mass is 472 g/mol. The Morgan fingerprint density at radius 3 is 2.74 bits per heavy atom. The number of rotatable bonds is 6. The highest BCUT2D eigenvalue weighted by atomic mass is 32.1. The molecule has 1 aliphatic carbocycles. The fraction of sp³-hybridized carbons (Fsp3) is 0.308. The molecule has 0 aliphatic heterocycles. The lowest BCUT2D eigenvalue weighted by molar-refractivity contribution is -0.143. The molecule has 1 amide bonds. The third-order valence-electron chi connectivity index (χ3n) is 6.04. The van der Waals surface area contributed by atoms with E-state index in [-0.39, 0.29) is 18.1 Å². The summed E-state index contributed by atoms with van der Waals surface area (Å²) in [7, 11) is 0. The van der Waals surface area contributed by atoms with Crippen molar-refractivity contribution in [1.82, 2.24) is 4.57 Å². The van der Waals surface area contributed by atoms with Gasteiger partial charge >= 0.3 is 5.97 Å². The van der Waals surface area contributed by atoms with Crippen LogP contribution in [0, 0.1) is 29.6 Å². The van der Waals surface area contributed by atoms with Crippen LogP contribution >= 0.6 is 11.3 Å². The highest BCUT2D eigenvalue weighted by Gasteiger charge is 2.23. The van der Waals surface area contributed by atoms with Crippen LogP contribution in [0.15, 0.2) is 29.8 Å². The van der Waals surface area contributed by atoms with Crippen LogP contribution in [-0.2, 0) is 33.7 Å². The fourth-order valence-corrected chi connectivity index (χ4v) is 5.65. The number of amides is 1. The maximum Gasteiger partial charge on any atom is 0.325 e. The maximum atomic E-state index is 13.1. The minimum atomic E-state index is -0.556. The predicted molar refractivity (Wildman–Crippen MR) is 131 cm³/mol. The Morgan fingerprint density at radius 2 is 2.00 bits per heavy atom. The SMILES string of the molecule is CCOC(=O)Cn1c(C)c(/C=C(\C#N)C(=O)Nc2sc3c(c2C#N)CCCC3)c2ccccc21. The lowest BCUT2D eigenvalue weighted by Crippen LogP contribution is -2.14. The van der Waals surface area contributed by atoms with E-state index in [1.165, 1.54) is 11.3 Å². The number of hydrogen-bond donors (Lipinski definition) is 1. The molecular formula is C26H24N4O3S. The van der Waals surface area contributed by atoms with Gasteiger partial charge in [0.2, 0.25) is 0 Å². The van der Waals surface area contributed by atoms with E-state index >= 15 is 0 Å². The molecule has 7 nitrogen and oxygen atoms in total. The van der Waals surface area contributed by atoms with Gasteiger partial charge < -0.3 is 14.6 Å². The smallest absolute Gasteiger partial charge is 0.325 e. The standard InChI is InChI=1S/C26H24N4O3S/c1-3-33-24(31)15-30-16(2)20(18-8-4-6-10-22(18)30)12-17(13-27)25(32)29-26-21(14-28)19-9-5-7-11-23(19)34-26/h4,6,8,10,12H,3,5,7,9,11,15H2,1-2H3,(H,29,32)/b17-12+. The van der Waals surface area contributed by atoms with Crippen LogP contribution in [0.25, 0.3) is 17.0 Å². The molecule has 0 bridgehead atoms. The molecule has 4 rings (SSSR count). The van der Waals surface area contributed by atoms with Crippen LogP contribution in [0.1, 0.15) is 47.0 Å². The number of benzene rings is 1. The number of thiophene rings is 1. The zero-order chi connectivity index (χ0) is 24.2. The number of aromatic nitrogens is 1. The van der Waals surface area contributed by atoms with Crippen molar-refractivity contribution in [2.75, 3.05) is 11.9 Å². The third kappa shape index (κ3) is 4.33. The highest BCUT2D eigenvalue weighted by molar-refractivity contribution is 7.16. The van der Waals surface area contributed by atoms with Gasteiger partial charge in [0.1, 0.15) is 29.3 Å². The Bertz CT molecular complexity index is 1400. The molecule has 2 heterocycles. The summed E-state index contributed by atoms with van der Waals surface area (Å²) in [5.41, 5.74) is 3.71. The summed E-state index contributed by atoms with van der Waals surface area (Å²) < 4.78 is 6.93. The van der Waals surface area contributed by atoms with Crippen LogP contribution < -0.4 is 5.32 Å². The van der Waals surface area contributed by atoms with E-state index in [2.05, 4.69) is 11.4 Å². The lowest BCUT2D eigenvalue weighted by atomic mass is 9.96. The molecule has 0 fully saturated rings. The molecule has 0 saturated carbocycles. The van der Waals surface area contributed by atoms with Crippen molar-refractivity contribution in [3.63, 3.8) is 0 Å². The molecule has 172 valence electrons. The zero-order valence-electron chi connectivity index (χ0n) is 19.1. The van der Waals surface area contributed by atoms with Crippen LogP contribution in [0.3, 0.4) is 0 Å². The Kier molecular flexibility index (Phi) is 6.81. The molecule has 0 spiro atoms. The number of ether oxygens (including phenoxy) is 1. The van der Waals surface area contributed by atoms with Gasteiger partial charge in [-0.25, -0.2) is 0 Å². The highest BCUT2D eigenvalue weighted by Crippen LogP contribution is 2.38. The number of hydrogen-bond acceptors (Lipinski definition) is 6. The van der Waals surface area contributed by atoms with E-state index in [0.717, 1.165) is 52.7 Å².